The van der Waals surface area contributed by atoms with Gasteiger partial charge < -0.3 is 2.85 Å². The first-order valence-corrected chi connectivity index (χ1v) is 3.81. The normalized spacial score (nSPS) is 12.3. The van der Waals surface area contributed by atoms with Crippen LogP contribution in [0.5, 0.6) is 0 Å². The minimum Gasteiger partial charge on any atom is -1.00 e. The maximum Gasteiger partial charge on any atom is 2.00 e. The molecule has 0 radical (unpaired) electrons. The second-order valence-electron chi connectivity index (χ2n) is 2.66. The summed E-state index contributed by atoms with van der Waals surface area (Å²) >= 11 is 0. The zero-order valence-corrected chi connectivity index (χ0v) is 9.32. The molecular formula is C8H20Ca. The summed E-state index contributed by atoms with van der Waals surface area (Å²) in [6.45, 7) is 6.85. The van der Waals surface area contributed by atoms with E-state index >= 15 is 0 Å². The van der Waals surface area contributed by atoms with Crippen molar-refractivity contribution in [3.05, 3.63) is 0 Å². The standard InChI is InChI=1S/C8H18.Ca.2H/c1-4-6-7-8(3)5-2;;;/h8H,4-7H2,1-3H3;;;/q;+2;2*-1. The minimum absolute atomic E-state index is 0. The molecule has 0 aromatic heterocycles. The molecular weight excluding hydrogens is 136 g/mol. The van der Waals surface area contributed by atoms with E-state index in [9.17, 15) is 0 Å². The molecule has 0 saturated heterocycles. The molecule has 0 aliphatic carbocycles. The second-order valence-corrected chi connectivity index (χ2v) is 2.66. The van der Waals surface area contributed by atoms with E-state index in [0.717, 1.165) is 5.92 Å². The molecule has 1 heteroatoms. The molecule has 9 heavy (non-hydrogen) atoms. The van der Waals surface area contributed by atoms with E-state index in [4.69, 9.17) is 0 Å². The molecule has 1 atom stereocenters. The third-order valence-corrected chi connectivity index (χ3v) is 1.75. The number of hydrogen-bond acceptors (Lipinski definition) is 0. The Morgan fingerprint density at radius 1 is 1.33 bits per heavy atom. The molecule has 1 unspecified atom stereocenters. The van der Waals surface area contributed by atoms with Gasteiger partial charge in [-0.1, -0.05) is 46.5 Å². The van der Waals surface area contributed by atoms with E-state index in [2.05, 4.69) is 20.8 Å². The summed E-state index contributed by atoms with van der Waals surface area (Å²) in [6, 6.07) is 0. The van der Waals surface area contributed by atoms with E-state index in [1.165, 1.54) is 25.7 Å². The Kier molecular flexibility index (Phi) is 13.3. The van der Waals surface area contributed by atoms with Gasteiger partial charge in [-0.25, -0.2) is 0 Å². The molecule has 0 rings (SSSR count). The van der Waals surface area contributed by atoms with Gasteiger partial charge in [0.1, 0.15) is 0 Å². The Bertz CT molecular complexity index is 51.4. The zero-order chi connectivity index (χ0) is 6.41. The van der Waals surface area contributed by atoms with E-state index in [-0.39, 0.29) is 40.6 Å². The Morgan fingerprint density at radius 3 is 2.22 bits per heavy atom. The topological polar surface area (TPSA) is 0 Å². The number of rotatable bonds is 4. The molecule has 0 amide bonds. The van der Waals surface area contributed by atoms with Crippen LogP contribution in [-0.2, 0) is 0 Å². The SMILES string of the molecule is CCCCC(C)CC.[Ca+2].[H-].[H-]. The summed E-state index contributed by atoms with van der Waals surface area (Å²) < 4.78 is 0. The summed E-state index contributed by atoms with van der Waals surface area (Å²) in [7, 11) is 0. The second kappa shape index (κ2) is 9.26. The Hall–Kier alpha value is 1.26. The van der Waals surface area contributed by atoms with E-state index in [1.54, 1.807) is 0 Å². The summed E-state index contributed by atoms with van der Waals surface area (Å²) in [6.07, 6.45) is 5.53. The monoisotopic (exact) mass is 156 g/mol. The van der Waals surface area contributed by atoms with Crippen LogP contribution in [0, 0.1) is 5.92 Å². The predicted octanol–water partition coefficient (Wildman–Crippen LogP) is 3.07. The van der Waals surface area contributed by atoms with Gasteiger partial charge in [0, 0.05) is 0 Å². The number of hydrogen-bond donors (Lipinski definition) is 0. The largest absolute Gasteiger partial charge is 2.00 e. The molecule has 0 aliphatic rings. The maximum atomic E-state index is 2.33. The third kappa shape index (κ3) is 9.26. The molecule has 0 bridgehead atoms. The smallest absolute Gasteiger partial charge is 1.00 e. The fourth-order valence-corrected chi connectivity index (χ4v) is 0.757. The van der Waals surface area contributed by atoms with Gasteiger partial charge in [-0.05, 0) is 5.92 Å². The first-order chi connectivity index (χ1) is 3.81. The Labute approximate surface area is 92.4 Å². The summed E-state index contributed by atoms with van der Waals surface area (Å²) in [5.74, 6) is 0.954. The average Bonchev–Trinajstić information content (AvgIpc) is 1.83. The van der Waals surface area contributed by atoms with Crippen molar-refractivity contribution in [3.8, 4) is 0 Å². The van der Waals surface area contributed by atoms with Crippen molar-refractivity contribution in [2.24, 2.45) is 5.92 Å². The molecule has 0 heterocycles. The van der Waals surface area contributed by atoms with Gasteiger partial charge in [0.15, 0.2) is 0 Å². The van der Waals surface area contributed by atoms with Gasteiger partial charge in [0.25, 0.3) is 0 Å². The van der Waals surface area contributed by atoms with E-state index in [0.29, 0.717) is 0 Å². The van der Waals surface area contributed by atoms with Crippen LogP contribution < -0.4 is 0 Å². The minimum atomic E-state index is 0. The van der Waals surface area contributed by atoms with Gasteiger partial charge in [0.2, 0.25) is 0 Å². The Balaban J connectivity index is -0.0000000817. The average molecular weight is 156 g/mol. The van der Waals surface area contributed by atoms with Crippen LogP contribution >= 0.6 is 0 Å². The van der Waals surface area contributed by atoms with Crippen molar-refractivity contribution < 1.29 is 2.85 Å². The molecule has 0 aromatic carbocycles. The van der Waals surface area contributed by atoms with Crippen molar-refractivity contribution in [2.45, 2.75) is 46.5 Å². The van der Waals surface area contributed by atoms with Crippen molar-refractivity contribution in [3.63, 3.8) is 0 Å². The van der Waals surface area contributed by atoms with Gasteiger partial charge in [-0.3, -0.25) is 0 Å². The van der Waals surface area contributed by atoms with Crippen LogP contribution in [-0.4, -0.2) is 37.7 Å². The fraction of sp³-hybridized carbons (Fsp3) is 1.00. The van der Waals surface area contributed by atoms with Crippen LogP contribution in [0.1, 0.15) is 49.3 Å². The van der Waals surface area contributed by atoms with Gasteiger partial charge in [-0.2, -0.15) is 0 Å². The van der Waals surface area contributed by atoms with E-state index in [1.807, 2.05) is 0 Å². The quantitative estimate of drug-likeness (QED) is 0.549. The van der Waals surface area contributed by atoms with Crippen LogP contribution in [0.3, 0.4) is 0 Å². The molecule has 0 aromatic rings. The first kappa shape index (κ1) is 12.9. The molecule has 0 N–H and O–H groups in total. The first-order valence-electron chi connectivity index (χ1n) is 3.81. The molecule has 0 spiro atoms. The molecule has 0 aliphatic heterocycles. The van der Waals surface area contributed by atoms with Crippen LogP contribution in [0.4, 0.5) is 0 Å². The predicted molar refractivity (Wildman–Crippen MR) is 47.0 cm³/mol. The van der Waals surface area contributed by atoms with Crippen molar-refractivity contribution in [1.29, 1.82) is 0 Å². The van der Waals surface area contributed by atoms with Crippen molar-refractivity contribution in [2.75, 3.05) is 0 Å². The van der Waals surface area contributed by atoms with Gasteiger partial charge in [0.05, 0.1) is 0 Å². The van der Waals surface area contributed by atoms with Crippen molar-refractivity contribution in [1.82, 2.24) is 0 Å². The summed E-state index contributed by atoms with van der Waals surface area (Å²) in [5, 5.41) is 0. The molecule has 0 fully saturated rings. The Morgan fingerprint density at radius 2 is 1.89 bits per heavy atom. The molecule has 54 valence electrons. The summed E-state index contributed by atoms with van der Waals surface area (Å²) in [4.78, 5) is 0. The number of unbranched alkanes of at least 4 members (excludes halogenated alkanes) is 1. The molecule has 0 nitrogen and oxygen atoms in total. The van der Waals surface area contributed by atoms with Gasteiger partial charge >= 0.3 is 37.7 Å². The van der Waals surface area contributed by atoms with Crippen LogP contribution in [0.15, 0.2) is 0 Å². The molecule has 0 saturated carbocycles. The maximum absolute atomic E-state index is 2.33. The fourth-order valence-electron chi connectivity index (χ4n) is 0.757. The van der Waals surface area contributed by atoms with Crippen molar-refractivity contribution >= 4 is 37.7 Å². The van der Waals surface area contributed by atoms with E-state index < -0.39 is 0 Å². The van der Waals surface area contributed by atoms with Crippen LogP contribution in [0.25, 0.3) is 0 Å². The van der Waals surface area contributed by atoms with Crippen LogP contribution in [0.2, 0.25) is 0 Å². The third-order valence-electron chi connectivity index (χ3n) is 1.75. The van der Waals surface area contributed by atoms with Gasteiger partial charge in [-0.15, -0.1) is 0 Å². The summed E-state index contributed by atoms with van der Waals surface area (Å²) in [5.41, 5.74) is 0. The zero-order valence-electron chi connectivity index (χ0n) is 9.11.